The smallest absolute Gasteiger partial charge is 0.317 e. The van der Waals surface area contributed by atoms with Crippen molar-refractivity contribution in [1.82, 2.24) is 10.3 Å². The van der Waals surface area contributed by atoms with Crippen molar-refractivity contribution >= 4 is 11.8 Å². The van der Waals surface area contributed by atoms with Gasteiger partial charge in [0, 0.05) is 25.8 Å². The van der Waals surface area contributed by atoms with Crippen molar-refractivity contribution in [3.63, 3.8) is 0 Å². The topological polar surface area (TPSA) is 89.3 Å². The number of carboxylic acids is 1. The van der Waals surface area contributed by atoms with E-state index in [1.807, 2.05) is 0 Å². The standard InChI is InChI=1S/C14H18N4O2/c15-7-12-4-1-5-17-14(12)18-6-2-3-11(10-18)8-16-9-13(19)20/h1,4-5,11,16H,2-3,6,8-10H2,(H,19,20). The van der Waals surface area contributed by atoms with E-state index in [0.717, 1.165) is 31.7 Å². The van der Waals surface area contributed by atoms with Crippen LogP contribution in [0.1, 0.15) is 18.4 Å². The lowest BCUT2D eigenvalue weighted by Gasteiger charge is -2.34. The van der Waals surface area contributed by atoms with Crippen LogP contribution >= 0.6 is 0 Å². The van der Waals surface area contributed by atoms with Gasteiger partial charge in [-0.25, -0.2) is 4.98 Å². The number of aromatic nitrogens is 1. The van der Waals surface area contributed by atoms with Crippen LogP contribution in [0, 0.1) is 17.2 Å². The van der Waals surface area contributed by atoms with Gasteiger partial charge in [0.1, 0.15) is 11.9 Å². The lowest BCUT2D eigenvalue weighted by molar-refractivity contribution is -0.136. The van der Waals surface area contributed by atoms with E-state index in [1.165, 1.54) is 0 Å². The molecule has 1 aromatic rings. The second kappa shape index (κ2) is 6.87. The summed E-state index contributed by atoms with van der Waals surface area (Å²) in [5.41, 5.74) is 0.589. The highest BCUT2D eigenvalue weighted by Gasteiger charge is 2.22. The fraction of sp³-hybridized carbons (Fsp3) is 0.500. The summed E-state index contributed by atoms with van der Waals surface area (Å²) in [4.78, 5) is 16.9. The number of hydrogen-bond donors (Lipinski definition) is 2. The van der Waals surface area contributed by atoms with Crippen LogP contribution in [0.25, 0.3) is 0 Å². The van der Waals surface area contributed by atoms with E-state index in [1.54, 1.807) is 18.3 Å². The average Bonchev–Trinajstić information content (AvgIpc) is 2.47. The lowest BCUT2D eigenvalue weighted by atomic mass is 9.97. The number of anilines is 1. The summed E-state index contributed by atoms with van der Waals surface area (Å²) < 4.78 is 0. The van der Waals surface area contributed by atoms with Crippen LogP contribution in [0.2, 0.25) is 0 Å². The Balaban J connectivity index is 1.96. The second-order valence-corrected chi connectivity index (χ2v) is 4.97. The zero-order valence-corrected chi connectivity index (χ0v) is 11.2. The Bertz CT molecular complexity index is 512. The zero-order chi connectivity index (χ0) is 14.4. The Morgan fingerprint density at radius 3 is 3.25 bits per heavy atom. The monoisotopic (exact) mass is 274 g/mol. The predicted octanol–water partition coefficient (Wildman–Crippen LogP) is 0.844. The van der Waals surface area contributed by atoms with Crippen molar-refractivity contribution in [2.75, 3.05) is 31.1 Å². The van der Waals surface area contributed by atoms with Gasteiger partial charge in [0.25, 0.3) is 0 Å². The fourth-order valence-electron chi connectivity index (χ4n) is 2.54. The summed E-state index contributed by atoms with van der Waals surface area (Å²) >= 11 is 0. The Hall–Kier alpha value is -2.13. The Kier molecular flexibility index (Phi) is 4.91. The van der Waals surface area contributed by atoms with E-state index >= 15 is 0 Å². The highest BCUT2D eigenvalue weighted by atomic mass is 16.4. The third kappa shape index (κ3) is 3.68. The first-order valence-corrected chi connectivity index (χ1v) is 6.73. The molecule has 0 aromatic carbocycles. The van der Waals surface area contributed by atoms with Crippen LogP contribution in [0.3, 0.4) is 0 Å². The van der Waals surface area contributed by atoms with Crippen molar-refractivity contribution in [1.29, 1.82) is 5.26 Å². The molecule has 0 spiro atoms. The van der Waals surface area contributed by atoms with Crippen molar-refractivity contribution in [3.8, 4) is 6.07 Å². The molecule has 1 aromatic heterocycles. The number of nitrogens with one attached hydrogen (secondary N) is 1. The van der Waals surface area contributed by atoms with E-state index in [9.17, 15) is 4.79 Å². The molecule has 1 aliphatic heterocycles. The van der Waals surface area contributed by atoms with Crippen LogP contribution in [0.4, 0.5) is 5.82 Å². The summed E-state index contributed by atoms with van der Waals surface area (Å²) in [5, 5.41) is 20.7. The maximum Gasteiger partial charge on any atom is 0.317 e. The second-order valence-electron chi connectivity index (χ2n) is 4.97. The van der Waals surface area contributed by atoms with Gasteiger partial charge in [0.05, 0.1) is 12.1 Å². The third-order valence-corrected chi connectivity index (χ3v) is 3.43. The fourth-order valence-corrected chi connectivity index (χ4v) is 2.54. The first kappa shape index (κ1) is 14.3. The lowest BCUT2D eigenvalue weighted by Crippen LogP contribution is -2.41. The molecule has 0 aliphatic carbocycles. The Labute approximate surface area is 118 Å². The maximum absolute atomic E-state index is 10.5. The molecule has 2 rings (SSSR count). The van der Waals surface area contributed by atoms with Gasteiger partial charge in [-0.05, 0) is 30.9 Å². The molecule has 6 heteroatoms. The molecule has 0 bridgehead atoms. The van der Waals surface area contributed by atoms with E-state index < -0.39 is 5.97 Å². The van der Waals surface area contributed by atoms with Crippen LogP contribution in [0.15, 0.2) is 18.3 Å². The minimum absolute atomic E-state index is 0.0104. The quantitative estimate of drug-likeness (QED) is 0.827. The number of nitrogens with zero attached hydrogens (tertiary/aromatic N) is 3. The molecule has 0 radical (unpaired) electrons. The highest BCUT2D eigenvalue weighted by molar-refractivity contribution is 5.69. The van der Waals surface area contributed by atoms with Crippen LogP contribution in [-0.4, -0.2) is 42.2 Å². The maximum atomic E-state index is 10.5. The zero-order valence-electron chi connectivity index (χ0n) is 11.2. The number of aliphatic carboxylic acids is 1. The molecule has 1 atom stereocenters. The molecule has 1 fully saturated rings. The van der Waals surface area contributed by atoms with Crippen LogP contribution < -0.4 is 10.2 Å². The minimum atomic E-state index is -0.839. The molecule has 0 amide bonds. The number of carboxylic acid groups (broad SMARTS) is 1. The minimum Gasteiger partial charge on any atom is -0.480 e. The number of nitriles is 1. The molecule has 6 nitrogen and oxygen atoms in total. The molecule has 2 N–H and O–H groups in total. The molecule has 20 heavy (non-hydrogen) atoms. The van der Waals surface area contributed by atoms with E-state index in [0.29, 0.717) is 18.0 Å². The Morgan fingerprint density at radius 2 is 2.50 bits per heavy atom. The summed E-state index contributed by atoms with van der Waals surface area (Å²) in [7, 11) is 0. The van der Waals surface area contributed by atoms with Crippen LogP contribution in [-0.2, 0) is 4.79 Å². The van der Waals surface area contributed by atoms with E-state index in [-0.39, 0.29) is 6.54 Å². The predicted molar refractivity (Wildman–Crippen MR) is 74.4 cm³/mol. The van der Waals surface area contributed by atoms with Crippen molar-refractivity contribution in [2.24, 2.45) is 5.92 Å². The van der Waals surface area contributed by atoms with Gasteiger partial charge < -0.3 is 15.3 Å². The van der Waals surface area contributed by atoms with Crippen molar-refractivity contribution in [2.45, 2.75) is 12.8 Å². The summed E-state index contributed by atoms with van der Waals surface area (Å²) in [6, 6.07) is 5.70. The van der Waals surface area contributed by atoms with E-state index in [4.69, 9.17) is 10.4 Å². The number of piperidine rings is 1. The molecular formula is C14H18N4O2. The van der Waals surface area contributed by atoms with Crippen molar-refractivity contribution in [3.05, 3.63) is 23.9 Å². The largest absolute Gasteiger partial charge is 0.480 e. The molecule has 106 valence electrons. The Morgan fingerprint density at radius 1 is 1.65 bits per heavy atom. The molecule has 2 heterocycles. The van der Waals surface area contributed by atoms with Gasteiger partial charge >= 0.3 is 5.97 Å². The number of pyridine rings is 1. The molecular weight excluding hydrogens is 256 g/mol. The number of rotatable bonds is 5. The normalized spacial score (nSPS) is 18.6. The highest BCUT2D eigenvalue weighted by Crippen LogP contribution is 2.23. The molecule has 1 saturated heterocycles. The molecule has 1 aliphatic rings. The number of hydrogen-bond acceptors (Lipinski definition) is 5. The molecule has 0 saturated carbocycles. The molecule has 1 unspecified atom stereocenters. The number of carbonyl (C=O) groups is 1. The van der Waals surface area contributed by atoms with Crippen LogP contribution in [0.5, 0.6) is 0 Å². The SMILES string of the molecule is N#Cc1cccnc1N1CCCC(CNCC(=O)O)C1. The van der Waals surface area contributed by atoms with Crippen molar-refractivity contribution < 1.29 is 9.90 Å². The van der Waals surface area contributed by atoms with Gasteiger partial charge in [0.15, 0.2) is 0 Å². The summed E-state index contributed by atoms with van der Waals surface area (Å²) in [6.45, 7) is 2.36. The van der Waals surface area contributed by atoms with E-state index in [2.05, 4.69) is 21.3 Å². The average molecular weight is 274 g/mol. The third-order valence-electron chi connectivity index (χ3n) is 3.43. The van der Waals surface area contributed by atoms with Gasteiger partial charge in [0.2, 0.25) is 0 Å². The van der Waals surface area contributed by atoms with Gasteiger partial charge in [-0.2, -0.15) is 5.26 Å². The summed E-state index contributed by atoms with van der Waals surface area (Å²) in [6.07, 6.45) is 3.79. The van der Waals surface area contributed by atoms with Gasteiger partial charge in [-0.15, -0.1) is 0 Å². The van der Waals surface area contributed by atoms with Gasteiger partial charge in [-0.1, -0.05) is 0 Å². The van der Waals surface area contributed by atoms with Gasteiger partial charge in [-0.3, -0.25) is 4.79 Å². The first-order chi connectivity index (χ1) is 9.70. The summed E-state index contributed by atoms with van der Waals surface area (Å²) in [5.74, 6) is 0.281. The first-order valence-electron chi connectivity index (χ1n) is 6.73.